The fourth-order valence-electron chi connectivity index (χ4n) is 1.79. The number of aliphatic hydroxyl groups excluding tert-OH is 2. The second-order valence-corrected chi connectivity index (χ2v) is 3.55. The predicted molar refractivity (Wildman–Crippen MR) is 51.4 cm³/mol. The van der Waals surface area contributed by atoms with Crippen LogP contribution in [0, 0.1) is 12.8 Å². The predicted octanol–water partition coefficient (Wildman–Crippen LogP) is 0.327. The van der Waals surface area contributed by atoms with Crippen molar-refractivity contribution in [1.29, 1.82) is 0 Å². The minimum absolute atomic E-state index is 0. The van der Waals surface area contributed by atoms with Crippen LogP contribution in [0.15, 0.2) is 0 Å². The van der Waals surface area contributed by atoms with Gasteiger partial charge in [-0.1, -0.05) is 19.4 Å². The van der Waals surface area contributed by atoms with Gasteiger partial charge in [0.05, 0.1) is 6.10 Å². The molecule has 15 heavy (non-hydrogen) atoms. The van der Waals surface area contributed by atoms with Crippen molar-refractivity contribution in [3.63, 3.8) is 0 Å². The summed E-state index contributed by atoms with van der Waals surface area (Å²) >= 11 is 0. The Balaban J connectivity index is 0.00000196. The van der Waals surface area contributed by atoms with Crippen molar-refractivity contribution < 1.29 is 52.4 Å². The quantitative estimate of drug-likeness (QED) is 0.736. The molecule has 5 atom stereocenters. The summed E-state index contributed by atoms with van der Waals surface area (Å²) in [7, 11) is 0. The number of rotatable bonds is 3. The Bertz CT molecular complexity index is 177. The molecule has 5 heteroatoms. The first-order valence-electron chi connectivity index (χ1n) is 5.08. The first-order valence-corrected chi connectivity index (χ1v) is 5.08. The second-order valence-electron chi connectivity index (χ2n) is 3.55. The van der Waals surface area contributed by atoms with Crippen LogP contribution in [0.2, 0.25) is 0 Å². The summed E-state index contributed by atoms with van der Waals surface area (Å²) in [6, 6.07) is 0. The zero-order valence-corrected chi connectivity index (χ0v) is 12.1. The van der Waals surface area contributed by atoms with E-state index in [0.717, 1.165) is 6.42 Å². The fourth-order valence-corrected chi connectivity index (χ4v) is 1.79. The average Bonchev–Trinajstić information content (AvgIpc) is 2.15. The number of hydrogen-bond donors (Lipinski definition) is 2. The van der Waals surface area contributed by atoms with Crippen LogP contribution in [-0.2, 0) is 42.2 Å². The molecule has 1 saturated heterocycles. The van der Waals surface area contributed by atoms with Gasteiger partial charge in [-0.05, 0) is 12.8 Å². The molecule has 3 unspecified atom stereocenters. The van der Waals surface area contributed by atoms with Gasteiger partial charge in [-0.3, -0.25) is 0 Å². The van der Waals surface area contributed by atoms with Gasteiger partial charge >= 0.3 is 0 Å². The molecule has 1 rings (SSSR count). The normalized spacial score (nSPS) is 41.0. The summed E-state index contributed by atoms with van der Waals surface area (Å²) in [5.74, 6) is -0.123. The van der Waals surface area contributed by atoms with E-state index in [1.807, 2.05) is 13.8 Å². The van der Waals surface area contributed by atoms with Crippen LogP contribution < -0.4 is 0 Å². The van der Waals surface area contributed by atoms with Crippen molar-refractivity contribution in [2.75, 3.05) is 6.61 Å². The Morgan fingerprint density at radius 1 is 1.27 bits per heavy atom. The van der Waals surface area contributed by atoms with E-state index in [1.165, 1.54) is 0 Å². The molecule has 0 aromatic heterocycles. The van der Waals surface area contributed by atoms with Crippen LogP contribution >= 0.6 is 0 Å². The maximum atomic E-state index is 9.75. The molecule has 1 fully saturated rings. The molecule has 4 nitrogen and oxygen atoms in total. The van der Waals surface area contributed by atoms with Crippen LogP contribution in [0.5, 0.6) is 0 Å². The van der Waals surface area contributed by atoms with Gasteiger partial charge in [0.15, 0.2) is 6.29 Å². The first kappa shape index (κ1) is 15.9. The van der Waals surface area contributed by atoms with Gasteiger partial charge in [-0.25, -0.2) is 0 Å². The van der Waals surface area contributed by atoms with Crippen molar-refractivity contribution >= 4 is 0 Å². The minimum atomic E-state index is -0.974. The maximum absolute atomic E-state index is 9.75. The molecule has 0 amide bonds. The Morgan fingerprint density at radius 3 is 2.33 bits per heavy atom. The van der Waals surface area contributed by atoms with Crippen LogP contribution in [0.4, 0.5) is 0 Å². The van der Waals surface area contributed by atoms with Gasteiger partial charge in [-0.2, -0.15) is 0 Å². The van der Waals surface area contributed by atoms with Crippen LogP contribution in [-0.4, -0.2) is 41.4 Å². The molecule has 0 spiro atoms. The summed E-state index contributed by atoms with van der Waals surface area (Å²) in [5.41, 5.74) is 0. The van der Waals surface area contributed by atoms with Gasteiger partial charge in [-0.15, -0.1) is 0 Å². The van der Waals surface area contributed by atoms with E-state index in [0.29, 0.717) is 6.61 Å². The average molecular weight is 292 g/mol. The summed E-state index contributed by atoms with van der Waals surface area (Å²) in [6.45, 7) is 7.98. The van der Waals surface area contributed by atoms with Gasteiger partial charge in [0.1, 0.15) is 6.10 Å². The third kappa shape index (κ3) is 3.72. The SMILES string of the molecule is [CH2-]C1O[C@H](OCC)C(O)[C@@H](O)C1CC.[Y]. The smallest absolute Gasteiger partial charge is 0.183 e. The van der Waals surface area contributed by atoms with Gasteiger partial charge in [0, 0.05) is 39.3 Å². The molecular formula is C10H19O4Y-. The molecule has 2 N–H and O–H groups in total. The molecule has 1 heterocycles. The van der Waals surface area contributed by atoms with Crippen molar-refractivity contribution in [3.05, 3.63) is 6.92 Å². The van der Waals surface area contributed by atoms with E-state index in [4.69, 9.17) is 9.47 Å². The van der Waals surface area contributed by atoms with Crippen LogP contribution in [0.25, 0.3) is 0 Å². The third-order valence-electron chi connectivity index (χ3n) is 2.66. The van der Waals surface area contributed by atoms with Gasteiger partial charge in [0.2, 0.25) is 0 Å². The third-order valence-corrected chi connectivity index (χ3v) is 2.66. The summed E-state index contributed by atoms with van der Waals surface area (Å²) in [4.78, 5) is 0. The van der Waals surface area contributed by atoms with E-state index >= 15 is 0 Å². The summed E-state index contributed by atoms with van der Waals surface area (Å²) in [6.07, 6.45) is -2.13. The Kier molecular flexibility index (Phi) is 7.76. The standard InChI is InChI=1S/C10H19O4.Y/c1-4-7-6(3)14-10(13-5-2)9(12)8(7)11;/h6-12H,3-5H2,1-2H3;/q-1;/t6?,7?,8-,9?,10-;/m0./s1. The van der Waals surface area contributed by atoms with Crippen molar-refractivity contribution in [2.45, 2.75) is 44.9 Å². The zero-order chi connectivity index (χ0) is 10.7. The molecule has 0 aromatic rings. The first-order chi connectivity index (χ1) is 6.61. The molecule has 0 bridgehead atoms. The number of ether oxygens (including phenoxy) is 2. The van der Waals surface area contributed by atoms with Gasteiger partial charge < -0.3 is 26.6 Å². The molecule has 1 radical (unpaired) electrons. The number of hydrogen-bond acceptors (Lipinski definition) is 4. The molecule has 1 aliphatic rings. The Morgan fingerprint density at radius 2 is 1.87 bits per heavy atom. The fraction of sp³-hybridized carbons (Fsp3) is 0.900. The van der Waals surface area contributed by atoms with E-state index in [2.05, 4.69) is 6.92 Å². The molecule has 0 aromatic carbocycles. The molecule has 0 saturated carbocycles. The van der Waals surface area contributed by atoms with Crippen molar-refractivity contribution in [3.8, 4) is 0 Å². The summed E-state index contributed by atoms with van der Waals surface area (Å²) < 4.78 is 10.5. The minimum Gasteiger partial charge on any atom is -0.390 e. The molecular weight excluding hydrogens is 273 g/mol. The second kappa shape index (κ2) is 7.30. The maximum Gasteiger partial charge on any atom is 0.183 e. The van der Waals surface area contributed by atoms with Crippen LogP contribution in [0.3, 0.4) is 0 Å². The Labute approximate surface area is 116 Å². The van der Waals surface area contributed by atoms with Gasteiger partial charge in [0.25, 0.3) is 0 Å². The molecule has 1 aliphatic heterocycles. The van der Waals surface area contributed by atoms with Crippen molar-refractivity contribution in [1.82, 2.24) is 0 Å². The zero-order valence-electron chi connectivity index (χ0n) is 9.30. The van der Waals surface area contributed by atoms with E-state index in [-0.39, 0.29) is 44.7 Å². The monoisotopic (exact) mass is 292 g/mol. The topological polar surface area (TPSA) is 58.9 Å². The largest absolute Gasteiger partial charge is 0.390 e. The van der Waals surface area contributed by atoms with E-state index in [9.17, 15) is 10.2 Å². The van der Waals surface area contributed by atoms with Crippen LogP contribution in [0.1, 0.15) is 20.3 Å². The van der Waals surface area contributed by atoms with E-state index in [1.54, 1.807) is 0 Å². The molecule has 0 aliphatic carbocycles. The molecule has 87 valence electrons. The van der Waals surface area contributed by atoms with E-state index < -0.39 is 18.5 Å². The summed E-state index contributed by atoms with van der Waals surface area (Å²) in [5, 5.41) is 19.4. The number of aliphatic hydroxyl groups is 2. The Hall–Kier alpha value is 0.944. The van der Waals surface area contributed by atoms with Crippen molar-refractivity contribution in [2.24, 2.45) is 5.92 Å².